The normalized spacial score (nSPS) is 12.6. The van der Waals surface area contributed by atoms with Gasteiger partial charge in [-0.2, -0.15) is 30.3 Å². The second kappa shape index (κ2) is 13.3. The third kappa shape index (κ3) is 7.55. The van der Waals surface area contributed by atoms with Crippen LogP contribution in [0.4, 0.5) is 5.69 Å². The fourth-order valence-corrected chi connectivity index (χ4v) is 2.44. The summed E-state index contributed by atoms with van der Waals surface area (Å²) in [5, 5.41) is 7.04. The molecule has 2 aromatic carbocycles. The van der Waals surface area contributed by atoms with E-state index in [-0.39, 0.29) is 5.91 Å². The Morgan fingerprint density at radius 1 is 1.15 bits per heavy atom. The van der Waals surface area contributed by atoms with E-state index in [4.69, 9.17) is 8.28 Å². The van der Waals surface area contributed by atoms with Gasteiger partial charge >= 0.3 is 22.1 Å². The molecule has 1 amide bonds. The molecule has 1 heterocycles. The van der Waals surface area contributed by atoms with Gasteiger partial charge in [-0.05, 0) is 19.1 Å². The molecule has 0 bridgehead atoms. The van der Waals surface area contributed by atoms with Gasteiger partial charge in [-0.3, -0.25) is 4.79 Å². The molecule has 0 aliphatic carbocycles. The molecule has 1 N–H and O–H groups in total. The number of piperidine rings is 1. The number of ether oxygens (including phenoxy) is 1. The van der Waals surface area contributed by atoms with Gasteiger partial charge in [0.1, 0.15) is 5.75 Å². The number of hydrogen-bond acceptors (Lipinski definition) is 3. The van der Waals surface area contributed by atoms with Crippen molar-refractivity contribution >= 4 is 11.6 Å². The van der Waals surface area contributed by atoms with Gasteiger partial charge < -0.3 is 15.4 Å². The fraction of sp³-hybridized carbons (Fsp3) is 0.350. The molecule has 3 rings (SSSR count). The van der Waals surface area contributed by atoms with Crippen molar-refractivity contribution in [2.75, 3.05) is 25.5 Å². The maximum absolute atomic E-state index is 12.0. The number of hydrogen-bond donors (Lipinski definition) is 1. The van der Waals surface area contributed by atoms with E-state index in [0.717, 1.165) is 30.1 Å². The van der Waals surface area contributed by atoms with Crippen molar-refractivity contribution in [3.8, 4) is 5.75 Å². The van der Waals surface area contributed by atoms with Crippen LogP contribution in [0, 0.1) is 13.0 Å². The topological polar surface area (TPSA) is 69.5 Å². The van der Waals surface area contributed by atoms with Crippen LogP contribution >= 0.6 is 0 Å². The minimum absolute atomic E-state index is 0.150. The summed E-state index contributed by atoms with van der Waals surface area (Å²) in [6.07, 6.45) is 4.07. The Kier molecular flexibility index (Phi) is 11.4. The summed E-state index contributed by atoms with van der Waals surface area (Å²) < 4.78 is 13.5. The van der Waals surface area contributed by atoms with E-state index in [0.29, 0.717) is 24.1 Å². The van der Waals surface area contributed by atoms with E-state index in [1.807, 2.05) is 25.1 Å². The van der Waals surface area contributed by atoms with E-state index >= 15 is 0 Å². The van der Waals surface area contributed by atoms with E-state index in [9.17, 15) is 4.79 Å². The summed E-state index contributed by atoms with van der Waals surface area (Å²) in [4.78, 5) is 12.0. The number of carbonyl (C=O) groups excluding carboxylic acids is 1. The van der Waals surface area contributed by atoms with E-state index < -0.39 is 0 Å². The van der Waals surface area contributed by atoms with Gasteiger partial charge in [0, 0.05) is 11.3 Å². The Balaban J connectivity index is 0.000000353. The van der Waals surface area contributed by atoms with E-state index in [1.165, 1.54) is 19.3 Å². The summed E-state index contributed by atoms with van der Waals surface area (Å²) in [7, 11) is 1.61. The standard InChI is InChI=1S/C15H14NO2.C5H10N.O.Os/c1-11-13(9-6-10-14(11)18-2)16-15(17)12-7-4-3-5-8-12;1-2-4-6-5-3-1;;/h3-4,6-10H,1-2H3,(H,16,17);1-5H2;;/q2*-1;;. The van der Waals surface area contributed by atoms with Crippen LogP contribution in [0.15, 0.2) is 42.5 Å². The van der Waals surface area contributed by atoms with Crippen molar-refractivity contribution in [2.24, 2.45) is 0 Å². The number of amides is 1. The molecule has 0 atom stereocenters. The molecule has 1 fully saturated rings. The first kappa shape index (κ1) is 22.1. The molecular formula is C20H24N2O3Os-2. The van der Waals surface area contributed by atoms with E-state index in [1.54, 1.807) is 31.4 Å². The molecule has 0 saturated carbocycles. The predicted octanol–water partition coefficient (Wildman–Crippen LogP) is 4.48. The van der Waals surface area contributed by atoms with Gasteiger partial charge in [-0.25, -0.2) is 0 Å². The number of anilines is 1. The van der Waals surface area contributed by atoms with Crippen molar-refractivity contribution in [1.29, 1.82) is 0 Å². The zero-order valence-corrected chi connectivity index (χ0v) is 17.6. The number of benzene rings is 2. The summed E-state index contributed by atoms with van der Waals surface area (Å²) >= 11 is 0.611. The second-order valence-electron chi connectivity index (χ2n) is 5.61. The third-order valence-electron chi connectivity index (χ3n) is 3.85. The van der Waals surface area contributed by atoms with Gasteiger partial charge in [0.25, 0.3) is 0 Å². The van der Waals surface area contributed by atoms with Gasteiger partial charge in [0.2, 0.25) is 0 Å². The van der Waals surface area contributed by atoms with E-state index in [2.05, 4.69) is 16.7 Å². The molecule has 0 spiro atoms. The first-order chi connectivity index (χ1) is 12.7. The molecule has 1 saturated heterocycles. The Labute approximate surface area is 165 Å². The van der Waals surface area contributed by atoms with Crippen LogP contribution in [0.5, 0.6) is 5.75 Å². The summed E-state index contributed by atoms with van der Waals surface area (Å²) in [5.74, 6) is 0.607. The second-order valence-corrected chi connectivity index (χ2v) is 5.61. The van der Waals surface area contributed by atoms with Crippen LogP contribution < -0.4 is 10.1 Å². The number of methoxy groups -OCH3 is 1. The van der Waals surface area contributed by atoms with Gasteiger partial charge in [0.15, 0.2) is 5.91 Å². The van der Waals surface area contributed by atoms with Crippen LogP contribution in [0.1, 0.15) is 35.2 Å². The molecule has 6 heteroatoms. The average Bonchev–Trinajstić information content (AvgIpc) is 2.73. The van der Waals surface area contributed by atoms with Crippen LogP contribution in [0.3, 0.4) is 0 Å². The Bertz CT molecular complexity index is 650. The van der Waals surface area contributed by atoms with Crippen molar-refractivity contribution in [1.82, 2.24) is 0 Å². The molecule has 0 unspecified atom stereocenters. The molecule has 0 radical (unpaired) electrons. The summed E-state index contributed by atoms with van der Waals surface area (Å²) in [5.41, 5.74) is 2.25. The number of nitrogens with zero attached hydrogens (tertiary/aromatic N) is 1. The average molecular weight is 531 g/mol. The first-order valence-electron chi connectivity index (χ1n) is 8.41. The van der Waals surface area contributed by atoms with Crippen LogP contribution in [-0.4, -0.2) is 26.1 Å². The molecule has 2 aromatic rings. The van der Waals surface area contributed by atoms with Crippen LogP contribution in [0.2, 0.25) is 0 Å². The number of rotatable bonds is 3. The van der Waals surface area contributed by atoms with Gasteiger partial charge in [-0.15, -0.1) is 13.1 Å². The Morgan fingerprint density at radius 2 is 1.88 bits per heavy atom. The van der Waals surface area contributed by atoms with Crippen molar-refractivity contribution in [3.63, 3.8) is 0 Å². The summed E-state index contributed by atoms with van der Waals surface area (Å²) in [6.45, 7) is 4.16. The van der Waals surface area contributed by atoms with Crippen LogP contribution in [-0.2, 0) is 22.1 Å². The molecular weight excluding hydrogens is 506 g/mol. The van der Waals surface area contributed by atoms with Crippen LogP contribution in [0.25, 0.3) is 5.32 Å². The Morgan fingerprint density at radius 3 is 2.38 bits per heavy atom. The molecule has 26 heavy (non-hydrogen) atoms. The van der Waals surface area contributed by atoms with Gasteiger partial charge in [-0.1, -0.05) is 30.9 Å². The Hall–Kier alpha value is -1.89. The van der Waals surface area contributed by atoms with Gasteiger partial charge in [0.05, 0.1) is 7.11 Å². The van der Waals surface area contributed by atoms with Crippen molar-refractivity contribution in [3.05, 3.63) is 65.0 Å². The quantitative estimate of drug-likeness (QED) is 0.595. The molecule has 142 valence electrons. The third-order valence-corrected chi connectivity index (χ3v) is 3.85. The SMILES string of the molecule is C1CC[N-]CC1.COc1cccc(NC(=O)c2c[c-]ccc2)c1C.[O]=[Os]. The minimum atomic E-state index is -0.150. The molecule has 1 aliphatic rings. The first-order valence-corrected chi connectivity index (χ1v) is 9.45. The predicted molar refractivity (Wildman–Crippen MR) is 98.6 cm³/mol. The molecule has 0 aromatic heterocycles. The van der Waals surface area contributed by atoms with Crippen molar-refractivity contribution < 1.29 is 31.6 Å². The zero-order valence-electron chi connectivity index (χ0n) is 15.1. The monoisotopic (exact) mass is 532 g/mol. The zero-order chi connectivity index (χ0) is 19.2. The molecule has 5 nitrogen and oxygen atoms in total. The molecule has 1 aliphatic heterocycles. The number of nitrogens with one attached hydrogen (secondary N) is 1. The van der Waals surface area contributed by atoms with Crippen molar-refractivity contribution in [2.45, 2.75) is 26.2 Å². The summed E-state index contributed by atoms with van der Waals surface area (Å²) in [6, 6.07) is 15.4. The fourth-order valence-electron chi connectivity index (χ4n) is 2.44. The maximum atomic E-state index is 12.0. The number of carbonyl (C=O) groups is 1.